The van der Waals surface area contributed by atoms with Crippen LogP contribution in [0.1, 0.15) is 28.4 Å². The van der Waals surface area contributed by atoms with Gasteiger partial charge in [-0.2, -0.15) is 4.57 Å². The van der Waals surface area contributed by atoms with Gasteiger partial charge in [0.25, 0.3) is 0 Å². The number of hydrogen-bond acceptors (Lipinski definition) is 3. The largest absolute Gasteiger partial charge is 0.422 e. The Morgan fingerprint density at radius 2 is 1.31 bits per heavy atom. The summed E-state index contributed by atoms with van der Waals surface area (Å²) in [6.45, 7) is 5.67. The average molecular weight is 384 g/mol. The maximum absolute atomic E-state index is 13.4. The Hall–Kier alpha value is -3.53. The van der Waals surface area contributed by atoms with E-state index in [0.717, 1.165) is 32.9 Å². The van der Waals surface area contributed by atoms with E-state index in [9.17, 15) is 9.59 Å². The van der Waals surface area contributed by atoms with Crippen molar-refractivity contribution in [3.63, 3.8) is 0 Å². The molecule has 4 rings (SSSR count). The fourth-order valence-corrected chi connectivity index (χ4v) is 3.83. The van der Waals surface area contributed by atoms with Crippen LogP contribution in [0.4, 0.5) is 0 Å². The van der Waals surface area contributed by atoms with Crippen molar-refractivity contribution in [2.45, 2.75) is 27.3 Å². The lowest BCUT2D eigenvalue weighted by Gasteiger charge is -2.13. The number of fused-ring (bicyclic) bond motifs is 2. The van der Waals surface area contributed by atoms with E-state index in [1.165, 1.54) is 0 Å². The minimum atomic E-state index is -0.398. The third kappa shape index (κ3) is 3.38. The fraction of sp³-hybridized carbons (Fsp3) is 0.160. The van der Waals surface area contributed by atoms with Gasteiger partial charge in [0.1, 0.15) is 5.75 Å². The Morgan fingerprint density at radius 1 is 0.793 bits per heavy atom. The zero-order valence-electron chi connectivity index (χ0n) is 16.7. The number of pyridine rings is 1. The van der Waals surface area contributed by atoms with Crippen molar-refractivity contribution >= 4 is 33.6 Å². The smallest absolute Gasteiger partial charge is 0.345 e. The van der Waals surface area contributed by atoms with E-state index in [1.807, 2.05) is 85.1 Å². The lowest BCUT2D eigenvalue weighted by Crippen LogP contribution is -2.39. The highest BCUT2D eigenvalue weighted by molar-refractivity contribution is 6.13. The van der Waals surface area contributed by atoms with Gasteiger partial charge in [0.05, 0.1) is 16.3 Å². The quantitative estimate of drug-likeness (QED) is 0.222. The van der Waals surface area contributed by atoms with E-state index in [2.05, 4.69) is 0 Å². The number of carbonyl (C=O) groups excluding carboxylic acids is 2. The van der Waals surface area contributed by atoms with Crippen LogP contribution in [-0.2, 0) is 11.3 Å². The second-order valence-electron chi connectivity index (χ2n) is 7.31. The average Bonchev–Trinajstić information content (AvgIpc) is 2.70. The van der Waals surface area contributed by atoms with Crippen LogP contribution in [0.3, 0.4) is 0 Å². The molecule has 1 aromatic heterocycles. The maximum atomic E-state index is 13.4. The van der Waals surface area contributed by atoms with Crippen molar-refractivity contribution in [3.8, 4) is 5.75 Å². The van der Waals surface area contributed by atoms with E-state index in [0.29, 0.717) is 11.3 Å². The molecule has 3 aromatic carbocycles. The summed E-state index contributed by atoms with van der Waals surface area (Å²) in [6.07, 6.45) is 0. The van der Waals surface area contributed by atoms with Crippen molar-refractivity contribution in [2.75, 3.05) is 0 Å². The number of benzene rings is 3. The first-order chi connectivity index (χ1) is 14.0. The molecule has 0 unspecified atom stereocenters. The molecular weight excluding hydrogens is 362 g/mol. The van der Waals surface area contributed by atoms with Gasteiger partial charge in [0.2, 0.25) is 17.6 Å². The SMILES string of the molecule is CC(=O)C[n+]1c2ccccc2c(C(=O)Oc2c(C)cccc2C)c2ccccc21. The van der Waals surface area contributed by atoms with Crippen LogP contribution < -0.4 is 9.30 Å². The van der Waals surface area contributed by atoms with Crippen LogP contribution in [0, 0.1) is 13.8 Å². The number of ketones is 1. The first kappa shape index (κ1) is 18.8. The standard InChI is InChI=1S/C25H22NO3/c1-16-9-8-10-17(2)24(16)29-25(28)23-19-11-4-6-13-21(19)26(15-18(3)27)22-14-7-5-12-20(22)23/h4-14H,15H2,1-3H3/q+1. The summed E-state index contributed by atoms with van der Waals surface area (Å²) in [5, 5.41) is 1.53. The summed E-state index contributed by atoms with van der Waals surface area (Å²) in [7, 11) is 0. The molecule has 0 saturated carbocycles. The minimum Gasteiger partial charge on any atom is -0.422 e. The van der Waals surface area contributed by atoms with Crippen molar-refractivity contribution in [1.29, 1.82) is 0 Å². The number of Topliss-reactive ketones (excluding diaryl/α,β-unsaturated/α-hetero) is 1. The number of aryl methyl sites for hydroxylation is 2. The molecule has 0 bridgehead atoms. The molecule has 0 spiro atoms. The van der Waals surface area contributed by atoms with Crippen molar-refractivity contribution in [2.24, 2.45) is 0 Å². The number of aromatic nitrogens is 1. The van der Waals surface area contributed by atoms with Gasteiger partial charge in [-0.15, -0.1) is 0 Å². The van der Waals surface area contributed by atoms with Gasteiger partial charge in [-0.1, -0.05) is 42.5 Å². The molecule has 29 heavy (non-hydrogen) atoms. The second-order valence-corrected chi connectivity index (χ2v) is 7.31. The number of ether oxygens (including phenoxy) is 1. The Bertz CT molecular complexity index is 1200. The summed E-state index contributed by atoms with van der Waals surface area (Å²) in [6, 6.07) is 21.1. The predicted molar refractivity (Wildman–Crippen MR) is 113 cm³/mol. The zero-order chi connectivity index (χ0) is 20.5. The number of rotatable bonds is 4. The van der Waals surface area contributed by atoms with Crippen molar-refractivity contribution in [1.82, 2.24) is 0 Å². The third-order valence-electron chi connectivity index (χ3n) is 5.12. The van der Waals surface area contributed by atoms with Gasteiger partial charge < -0.3 is 4.74 Å². The first-order valence-electron chi connectivity index (χ1n) is 9.58. The Morgan fingerprint density at radius 3 is 1.83 bits per heavy atom. The molecule has 4 aromatic rings. The highest BCUT2D eigenvalue weighted by Crippen LogP contribution is 2.29. The highest BCUT2D eigenvalue weighted by Gasteiger charge is 2.26. The van der Waals surface area contributed by atoms with Crippen LogP contribution in [0.25, 0.3) is 21.8 Å². The number of hydrogen-bond donors (Lipinski definition) is 0. The molecule has 0 amide bonds. The fourth-order valence-electron chi connectivity index (χ4n) is 3.83. The lowest BCUT2D eigenvalue weighted by molar-refractivity contribution is -0.631. The van der Waals surface area contributed by atoms with E-state index >= 15 is 0 Å². The maximum Gasteiger partial charge on any atom is 0.345 e. The Labute approximate surface area is 169 Å². The van der Waals surface area contributed by atoms with Gasteiger partial charge in [-0.25, -0.2) is 4.79 Å². The number of carbonyl (C=O) groups is 2. The Kier molecular flexibility index (Phi) is 4.85. The number of nitrogens with zero attached hydrogens (tertiary/aromatic N) is 1. The summed E-state index contributed by atoms with van der Waals surface area (Å²) >= 11 is 0. The van der Waals surface area contributed by atoms with Gasteiger partial charge >= 0.3 is 5.97 Å². The van der Waals surface area contributed by atoms with Gasteiger partial charge in [0, 0.05) is 19.1 Å². The number of esters is 1. The van der Waals surface area contributed by atoms with Crippen LogP contribution in [0.2, 0.25) is 0 Å². The predicted octanol–water partition coefficient (Wildman–Crippen LogP) is 4.71. The van der Waals surface area contributed by atoms with E-state index in [1.54, 1.807) is 6.92 Å². The molecule has 0 fully saturated rings. The summed E-state index contributed by atoms with van der Waals surface area (Å²) in [5.74, 6) is 0.243. The van der Waals surface area contributed by atoms with Gasteiger partial charge in [-0.05, 0) is 37.1 Å². The summed E-state index contributed by atoms with van der Waals surface area (Å²) < 4.78 is 7.85. The van der Waals surface area contributed by atoms with Gasteiger partial charge in [0.15, 0.2) is 5.78 Å². The van der Waals surface area contributed by atoms with Crippen molar-refractivity contribution < 1.29 is 18.9 Å². The molecule has 0 aliphatic rings. The molecule has 4 nitrogen and oxygen atoms in total. The molecule has 0 N–H and O–H groups in total. The van der Waals surface area contributed by atoms with Crippen LogP contribution in [-0.4, -0.2) is 11.8 Å². The highest BCUT2D eigenvalue weighted by atomic mass is 16.5. The molecule has 144 valence electrons. The lowest BCUT2D eigenvalue weighted by atomic mass is 10.0. The molecule has 1 heterocycles. The third-order valence-corrected chi connectivity index (χ3v) is 5.12. The second kappa shape index (κ2) is 7.47. The molecule has 0 atom stereocenters. The topological polar surface area (TPSA) is 47.2 Å². The molecule has 4 heteroatoms. The minimum absolute atomic E-state index is 0.0520. The summed E-state index contributed by atoms with van der Waals surface area (Å²) in [4.78, 5) is 25.3. The van der Waals surface area contributed by atoms with E-state index in [-0.39, 0.29) is 12.3 Å². The zero-order valence-corrected chi connectivity index (χ0v) is 16.7. The first-order valence-corrected chi connectivity index (χ1v) is 9.58. The van der Waals surface area contributed by atoms with E-state index in [4.69, 9.17) is 4.74 Å². The molecular formula is C25H22NO3+. The monoisotopic (exact) mass is 384 g/mol. The molecule has 0 saturated heterocycles. The Balaban J connectivity index is 1.99. The summed E-state index contributed by atoms with van der Waals surface area (Å²) in [5.41, 5.74) is 3.99. The number of para-hydroxylation sites is 3. The van der Waals surface area contributed by atoms with Crippen LogP contribution >= 0.6 is 0 Å². The van der Waals surface area contributed by atoms with Crippen molar-refractivity contribution in [3.05, 3.63) is 83.4 Å². The van der Waals surface area contributed by atoms with Crippen LogP contribution in [0.5, 0.6) is 5.75 Å². The molecule has 0 radical (unpaired) electrons. The van der Waals surface area contributed by atoms with E-state index < -0.39 is 5.97 Å². The molecule has 0 aliphatic heterocycles. The molecule has 0 aliphatic carbocycles. The normalized spacial score (nSPS) is 11.0. The van der Waals surface area contributed by atoms with Crippen LogP contribution in [0.15, 0.2) is 66.7 Å². The van der Waals surface area contributed by atoms with Gasteiger partial charge in [-0.3, -0.25) is 4.79 Å².